The summed E-state index contributed by atoms with van der Waals surface area (Å²) in [5, 5.41) is 2.99. The van der Waals surface area contributed by atoms with Gasteiger partial charge in [0.2, 0.25) is 5.91 Å². The number of alkyl halides is 2. The lowest BCUT2D eigenvalue weighted by molar-refractivity contribution is -0.119. The molecule has 0 bridgehead atoms. The van der Waals surface area contributed by atoms with Crippen molar-refractivity contribution in [3.8, 4) is 0 Å². The molecular weight excluding hydrogens is 414 g/mol. The Balaban J connectivity index is 1.99. The van der Waals surface area contributed by atoms with Crippen LogP contribution in [0.4, 0.5) is 14.6 Å². The number of pyridine rings is 2. The first kappa shape index (κ1) is 23.2. The van der Waals surface area contributed by atoms with Gasteiger partial charge in [-0.05, 0) is 37.5 Å². The van der Waals surface area contributed by atoms with E-state index in [0.29, 0.717) is 16.5 Å². The van der Waals surface area contributed by atoms with Gasteiger partial charge in [0.05, 0.1) is 5.52 Å². The Hall–Kier alpha value is -3.42. The Kier molecular flexibility index (Phi) is 6.52. The second-order valence-electron chi connectivity index (χ2n) is 7.96. The minimum Gasteiger partial charge on any atom is -0.364 e. The summed E-state index contributed by atoms with van der Waals surface area (Å²) in [6, 6.07) is 3.19. The summed E-state index contributed by atoms with van der Waals surface area (Å²) in [5.41, 5.74) is 9.28. The molecule has 1 aliphatic rings. The third-order valence-corrected chi connectivity index (χ3v) is 5.32. The smallest absolute Gasteiger partial charge is 0.267 e. The minimum absolute atomic E-state index is 0.0663. The Morgan fingerprint density at radius 2 is 2.06 bits per heavy atom. The molecule has 168 valence electrons. The van der Waals surface area contributed by atoms with Gasteiger partial charge in [-0.25, -0.2) is 18.7 Å². The first-order chi connectivity index (χ1) is 15.1. The van der Waals surface area contributed by atoms with Gasteiger partial charge in [0.25, 0.3) is 11.8 Å². The molecule has 3 rings (SSSR count). The molecule has 1 saturated carbocycles. The zero-order valence-corrected chi connectivity index (χ0v) is 18.3. The fourth-order valence-electron chi connectivity index (χ4n) is 3.61. The number of fused-ring (bicyclic) bond motifs is 1. The SMILES string of the molecule is C=C(/C=C(C)\C(=C/C)c1cc2cnc(NC(=O)C3CC3(F)F)cc2nc1C(N)=O)CCC. The van der Waals surface area contributed by atoms with Gasteiger partial charge in [-0.1, -0.05) is 37.6 Å². The number of allylic oxidation sites excluding steroid dienone is 5. The van der Waals surface area contributed by atoms with E-state index < -0.39 is 30.1 Å². The highest BCUT2D eigenvalue weighted by Crippen LogP contribution is 2.49. The number of rotatable bonds is 8. The van der Waals surface area contributed by atoms with Gasteiger partial charge >= 0.3 is 0 Å². The van der Waals surface area contributed by atoms with Gasteiger partial charge in [-0.15, -0.1) is 0 Å². The van der Waals surface area contributed by atoms with E-state index in [1.54, 1.807) is 6.07 Å². The summed E-state index contributed by atoms with van der Waals surface area (Å²) in [6.45, 7) is 9.91. The van der Waals surface area contributed by atoms with Crippen LogP contribution in [0, 0.1) is 5.92 Å². The summed E-state index contributed by atoms with van der Waals surface area (Å²) in [5.74, 6) is -5.73. The first-order valence-corrected chi connectivity index (χ1v) is 10.4. The number of aromatic nitrogens is 2. The van der Waals surface area contributed by atoms with Gasteiger partial charge in [0.1, 0.15) is 17.4 Å². The van der Waals surface area contributed by atoms with Crippen molar-refractivity contribution in [1.29, 1.82) is 0 Å². The van der Waals surface area contributed by atoms with Crippen LogP contribution < -0.4 is 11.1 Å². The predicted octanol–water partition coefficient (Wildman–Crippen LogP) is 5.03. The molecule has 0 aliphatic heterocycles. The van der Waals surface area contributed by atoms with Gasteiger partial charge in [-0.3, -0.25) is 9.59 Å². The second-order valence-corrected chi connectivity index (χ2v) is 7.96. The normalized spacial score (nSPS) is 17.8. The van der Waals surface area contributed by atoms with E-state index >= 15 is 0 Å². The highest BCUT2D eigenvalue weighted by molar-refractivity contribution is 6.02. The molecule has 0 saturated heterocycles. The zero-order valence-electron chi connectivity index (χ0n) is 18.3. The number of primary amides is 1. The van der Waals surface area contributed by atoms with E-state index in [9.17, 15) is 18.4 Å². The third kappa shape index (κ3) is 4.90. The number of hydrogen-bond acceptors (Lipinski definition) is 4. The van der Waals surface area contributed by atoms with Crippen molar-refractivity contribution in [3.05, 3.63) is 59.5 Å². The molecule has 8 heteroatoms. The van der Waals surface area contributed by atoms with E-state index in [1.165, 1.54) is 12.3 Å². The molecule has 32 heavy (non-hydrogen) atoms. The first-order valence-electron chi connectivity index (χ1n) is 10.4. The molecule has 1 fully saturated rings. The minimum atomic E-state index is -2.97. The van der Waals surface area contributed by atoms with Crippen molar-refractivity contribution in [1.82, 2.24) is 9.97 Å². The number of carbonyl (C=O) groups is 2. The highest BCUT2D eigenvalue weighted by atomic mass is 19.3. The van der Waals surface area contributed by atoms with Crippen LogP contribution in [0.5, 0.6) is 0 Å². The Morgan fingerprint density at radius 3 is 2.62 bits per heavy atom. The molecule has 2 amide bonds. The largest absolute Gasteiger partial charge is 0.364 e. The number of halogens is 2. The molecule has 6 nitrogen and oxygen atoms in total. The number of anilines is 1. The molecule has 0 aromatic carbocycles. The molecule has 1 unspecified atom stereocenters. The van der Waals surface area contributed by atoms with Crippen LogP contribution in [-0.2, 0) is 4.79 Å². The lowest BCUT2D eigenvalue weighted by atomic mass is 9.94. The van der Waals surface area contributed by atoms with Crippen molar-refractivity contribution < 1.29 is 18.4 Å². The summed E-state index contributed by atoms with van der Waals surface area (Å²) in [4.78, 5) is 32.7. The van der Waals surface area contributed by atoms with Crippen LogP contribution >= 0.6 is 0 Å². The van der Waals surface area contributed by atoms with Crippen molar-refractivity contribution in [2.75, 3.05) is 5.32 Å². The lowest BCUT2D eigenvalue weighted by Gasteiger charge is -2.14. The van der Waals surface area contributed by atoms with Crippen LogP contribution in [0.3, 0.4) is 0 Å². The summed E-state index contributed by atoms with van der Waals surface area (Å²) in [7, 11) is 0. The van der Waals surface area contributed by atoms with E-state index in [0.717, 1.165) is 29.6 Å². The van der Waals surface area contributed by atoms with Gasteiger partial charge < -0.3 is 11.1 Å². The maximum atomic E-state index is 13.1. The van der Waals surface area contributed by atoms with Gasteiger partial charge in [-0.2, -0.15) is 0 Å². The van der Waals surface area contributed by atoms with Crippen molar-refractivity contribution in [2.45, 2.75) is 46.0 Å². The van der Waals surface area contributed by atoms with E-state index in [-0.39, 0.29) is 11.5 Å². The number of carbonyl (C=O) groups excluding carboxylic acids is 2. The Labute approximate surface area is 185 Å². The second kappa shape index (κ2) is 8.98. The number of nitrogens with zero attached hydrogens (tertiary/aromatic N) is 2. The maximum Gasteiger partial charge on any atom is 0.267 e. The van der Waals surface area contributed by atoms with Gasteiger partial charge in [0.15, 0.2) is 0 Å². The molecule has 1 aliphatic carbocycles. The fourth-order valence-corrected chi connectivity index (χ4v) is 3.61. The Morgan fingerprint density at radius 1 is 1.38 bits per heavy atom. The maximum absolute atomic E-state index is 13.1. The molecule has 2 aromatic rings. The molecule has 2 heterocycles. The average Bonchev–Trinajstić information content (AvgIpc) is 3.36. The Bertz CT molecular complexity index is 1170. The summed E-state index contributed by atoms with van der Waals surface area (Å²) < 4.78 is 26.2. The fraction of sp³-hybridized carbons (Fsp3) is 0.333. The lowest BCUT2D eigenvalue weighted by Crippen LogP contribution is -2.18. The van der Waals surface area contributed by atoms with E-state index in [2.05, 4.69) is 28.8 Å². The number of nitrogens with two attached hydrogens (primary N) is 1. The standard InChI is InChI=1S/C24H26F2N4O2/c1-5-7-13(3)8-14(4)16(6-2)17-9-15-12-28-20(10-19(15)29-21(17)22(27)31)30-23(32)18-11-24(18,25)26/h6,8-10,12,18H,3,5,7,11H2,1-2,4H3,(H2,27,31)(H,28,30,32)/b14-8-,16-6+. The van der Waals surface area contributed by atoms with E-state index in [4.69, 9.17) is 5.73 Å². The summed E-state index contributed by atoms with van der Waals surface area (Å²) in [6.07, 6.45) is 6.68. The number of hydrogen-bond donors (Lipinski definition) is 2. The van der Waals surface area contributed by atoms with Crippen LogP contribution in [0.25, 0.3) is 16.5 Å². The summed E-state index contributed by atoms with van der Waals surface area (Å²) >= 11 is 0. The average molecular weight is 440 g/mol. The molecule has 2 aromatic heterocycles. The van der Waals surface area contributed by atoms with Crippen LogP contribution in [0.1, 0.15) is 56.1 Å². The zero-order chi connectivity index (χ0) is 23.6. The predicted molar refractivity (Wildman–Crippen MR) is 121 cm³/mol. The number of nitrogens with one attached hydrogen (secondary N) is 1. The quantitative estimate of drug-likeness (QED) is 0.563. The van der Waals surface area contributed by atoms with Crippen molar-refractivity contribution in [3.63, 3.8) is 0 Å². The number of amides is 2. The van der Waals surface area contributed by atoms with Crippen LogP contribution in [-0.4, -0.2) is 27.7 Å². The van der Waals surface area contributed by atoms with Crippen LogP contribution in [0.2, 0.25) is 0 Å². The van der Waals surface area contributed by atoms with Gasteiger partial charge in [0, 0.05) is 29.6 Å². The van der Waals surface area contributed by atoms with Crippen LogP contribution in [0.15, 0.2) is 48.2 Å². The highest BCUT2D eigenvalue weighted by Gasteiger charge is 2.61. The molecular formula is C24H26F2N4O2. The van der Waals surface area contributed by atoms with Crippen molar-refractivity contribution >= 4 is 34.1 Å². The molecule has 1 atom stereocenters. The van der Waals surface area contributed by atoms with Crippen molar-refractivity contribution in [2.24, 2.45) is 11.7 Å². The topological polar surface area (TPSA) is 98.0 Å². The van der Waals surface area contributed by atoms with E-state index in [1.807, 2.05) is 26.0 Å². The third-order valence-electron chi connectivity index (χ3n) is 5.32. The molecule has 0 radical (unpaired) electrons. The monoisotopic (exact) mass is 440 g/mol. The molecule has 3 N–H and O–H groups in total. The molecule has 0 spiro atoms.